The fraction of sp³-hybridized carbons (Fsp3) is 0.235. The number of amides is 2. The van der Waals surface area contributed by atoms with Gasteiger partial charge in [0, 0.05) is 23.9 Å². The molecule has 2 amide bonds. The van der Waals surface area contributed by atoms with Gasteiger partial charge in [-0.25, -0.2) is 13.6 Å². The summed E-state index contributed by atoms with van der Waals surface area (Å²) in [5.74, 6) is -1.57. The van der Waals surface area contributed by atoms with E-state index in [0.717, 1.165) is 24.1 Å². The number of anilines is 1. The van der Waals surface area contributed by atoms with Gasteiger partial charge >= 0.3 is 6.03 Å². The van der Waals surface area contributed by atoms with Gasteiger partial charge in [0.1, 0.15) is 11.6 Å². The number of carbonyl (C=O) groups is 1. The summed E-state index contributed by atoms with van der Waals surface area (Å²) < 4.78 is 26.3. The van der Waals surface area contributed by atoms with E-state index in [0.29, 0.717) is 11.8 Å². The molecule has 0 fully saturated rings. The van der Waals surface area contributed by atoms with Crippen LogP contribution in [0.4, 0.5) is 19.3 Å². The summed E-state index contributed by atoms with van der Waals surface area (Å²) in [4.78, 5) is 11.8. The Morgan fingerprint density at radius 3 is 2.48 bits per heavy atom. The highest BCUT2D eigenvalue weighted by Gasteiger charge is 2.14. The highest BCUT2D eigenvalue weighted by atomic mass is 19.1. The lowest BCUT2D eigenvalue weighted by molar-refractivity contribution is 0.170. The SMILES string of the molecule is CCc1ccc(NC(=O)NC[C@H](O)c2ccc(F)cc2F)cc1. The molecule has 0 heterocycles. The first-order valence-electron chi connectivity index (χ1n) is 7.26. The van der Waals surface area contributed by atoms with Crippen LogP contribution < -0.4 is 10.6 Å². The van der Waals surface area contributed by atoms with Gasteiger partial charge in [0.2, 0.25) is 0 Å². The van der Waals surface area contributed by atoms with Gasteiger partial charge in [-0.15, -0.1) is 0 Å². The second kappa shape index (κ2) is 7.69. The molecule has 0 saturated heterocycles. The summed E-state index contributed by atoms with van der Waals surface area (Å²) in [6.07, 6.45) is -0.356. The van der Waals surface area contributed by atoms with E-state index < -0.39 is 23.8 Å². The van der Waals surface area contributed by atoms with Crippen LogP contribution >= 0.6 is 0 Å². The summed E-state index contributed by atoms with van der Waals surface area (Å²) in [6, 6.07) is 9.72. The van der Waals surface area contributed by atoms with Crippen molar-refractivity contribution in [2.45, 2.75) is 19.4 Å². The number of hydrogen-bond acceptors (Lipinski definition) is 2. The van der Waals surface area contributed by atoms with Crippen molar-refractivity contribution in [3.05, 3.63) is 65.2 Å². The highest BCUT2D eigenvalue weighted by Crippen LogP contribution is 2.17. The fourth-order valence-electron chi connectivity index (χ4n) is 2.07. The zero-order chi connectivity index (χ0) is 16.8. The molecule has 4 nitrogen and oxygen atoms in total. The molecule has 0 bridgehead atoms. The molecule has 2 aromatic carbocycles. The van der Waals surface area contributed by atoms with Crippen LogP contribution in [0.25, 0.3) is 0 Å². The number of aliphatic hydroxyl groups is 1. The predicted octanol–water partition coefficient (Wildman–Crippen LogP) is 3.38. The number of aryl methyl sites for hydroxylation is 1. The maximum Gasteiger partial charge on any atom is 0.319 e. The number of halogens is 2. The molecule has 0 spiro atoms. The molecule has 0 unspecified atom stereocenters. The van der Waals surface area contributed by atoms with E-state index in [1.165, 1.54) is 0 Å². The third-order valence-corrected chi connectivity index (χ3v) is 3.40. The molecule has 2 aromatic rings. The van der Waals surface area contributed by atoms with E-state index in [4.69, 9.17) is 0 Å². The number of nitrogens with one attached hydrogen (secondary N) is 2. The molecule has 3 N–H and O–H groups in total. The first-order valence-corrected chi connectivity index (χ1v) is 7.26. The normalized spacial score (nSPS) is 11.8. The van der Waals surface area contributed by atoms with Gasteiger partial charge in [-0.05, 0) is 30.2 Å². The Kier molecular flexibility index (Phi) is 5.65. The minimum atomic E-state index is -1.26. The van der Waals surface area contributed by atoms with Crippen molar-refractivity contribution >= 4 is 11.7 Å². The molecular weight excluding hydrogens is 302 g/mol. The van der Waals surface area contributed by atoms with E-state index in [2.05, 4.69) is 10.6 Å². The lowest BCUT2D eigenvalue weighted by Gasteiger charge is -2.14. The van der Waals surface area contributed by atoms with E-state index >= 15 is 0 Å². The number of rotatable bonds is 5. The summed E-state index contributed by atoms with van der Waals surface area (Å²) in [5, 5.41) is 14.9. The summed E-state index contributed by atoms with van der Waals surface area (Å²) in [5.41, 5.74) is 1.69. The largest absolute Gasteiger partial charge is 0.386 e. The minimum Gasteiger partial charge on any atom is -0.386 e. The molecule has 122 valence electrons. The zero-order valence-electron chi connectivity index (χ0n) is 12.6. The van der Waals surface area contributed by atoms with Crippen LogP contribution in [0, 0.1) is 11.6 Å². The average molecular weight is 320 g/mol. The van der Waals surface area contributed by atoms with Crippen LogP contribution in [0.5, 0.6) is 0 Å². The zero-order valence-corrected chi connectivity index (χ0v) is 12.6. The Morgan fingerprint density at radius 1 is 1.17 bits per heavy atom. The third kappa shape index (κ3) is 4.75. The van der Waals surface area contributed by atoms with Crippen molar-refractivity contribution in [2.24, 2.45) is 0 Å². The summed E-state index contributed by atoms with van der Waals surface area (Å²) in [6.45, 7) is 1.84. The van der Waals surface area contributed by atoms with Crippen molar-refractivity contribution in [1.82, 2.24) is 5.32 Å². The number of urea groups is 1. The topological polar surface area (TPSA) is 61.4 Å². The molecule has 2 rings (SSSR count). The molecule has 0 aliphatic rings. The standard InChI is InChI=1S/C17H18F2N2O2/c1-2-11-3-6-13(7-4-11)21-17(23)20-10-16(22)14-8-5-12(18)9-15(14)19/h3-9,16,22H,2,10H2,1H3,(H2,20,21,23)/t16-/m0/s1. The smallest absolute Gasteiger partial charge is 0.319 e. The Balaban J connectivity index is 1.87. The molecule has 0 saturated carbocycles. The minimum absolute atomic E-state index is 0.0704. The fourth-order valence-corrected chi connectivity index (χ4v) is 2.07. The number of benzene rings is 2. The summed E-state index contributed by atoms with van der Waals surface area (Å²) >= 11 is 0. The quantitative estimate of drug-likeness (QED) is 0.791. The van der Waals surface area contributed by atoms with Gasteiger partial charge in [-0.3, -0.25) is 0 Å². The lowest BCUT2D eigenvalue weighted by Crippen LogP contribution is -2.32. The van der Waals surface area contributed by atoms with Crippen molar-refractivity contribution in [1.29, 1.82) is 0 Å². The predicted molar refractivity (Wildman–Crippen MR) is 84.2 cm³/mol. The van der Waals surface area contributed by atoms with Crippen LogP contribution in [0.1, 0.15) is 24.2 Å². The Bertz CT molecular complexity index is 675. The Morgan fingerprint density at radius 2 is 1.87 bits per heavy atom. The van der Waals surface area contributed by atoms with Gasteiger partial charge in [-0.1, -0.05) is 25.1 Å². The van der Waals surface area contributed by atoms with Crippen LogP contribution in [0.15, 0.2) is 42.5 Å². The molecular formula is C17H18F2N2O2. The molecule has 0 aromatic heterocycles. The maximum absolute atomic E-state index is 13.5. The third-order valence-electron chi connectivity index (χ3n) is 3.40. The Hall–Kier alpha value is -2.47. The van der Waals surface area contributed by atoms with E-state index in [1.807, 2.05) is 19.1 Å². The number of aliphatic hydroxyl groups excluding tert-OH is 1. The molecule has 0 aliphatic carbocycles. The summed E-state index contributed by atoms with van der Waals surface area (Å²) in [7, 11) is 0. The first kappa shape index (κ1) is 16.9. The van der Waals surface area contributed by atoms with E-state index in [1.54, 1.807) is 12.1 Å². The van der Waals surface area contributed by atoms with Crippen LogP contribution in [-0.2, 0) is 6.42 Å². The van der Waals surface area contributed by atoms with Gasteiger partial charge in [-0.2, -0.15) is 0 Å². The molecule has 0 aliphatic heterocycles. The highest BCUT2D eigenvalue weighted by molar-refractivity contribution is 5.89. The molecule has 6 heteroatoms. The molecule has 1 atom stereocenters. The average Bonchev–Trinajstić information content (AvgIpc) is 2.53. The van der Waals surface area contributed by atoms with Crippen LogP contribution in [0.3, 0.4) is 0 Å². The maximum atomic E-state index is 13.5. The van der Waals surface area contributed by atoms with Gasteiger partial charge in [0.25, 0.3) is 0 Å². The van der Waals surface area contributed by atoms with Crippen molar-refractivity contribution < 1.29 is 18.7 Å². The van der Waals surface area contributed by atoms with E-state index in [-0.39, 0.29) is 12.1 Å². The van der Waals surface area contributed by atoms with Crippen molar-refractivity contribution in [3.63, 3.8) is 0 Å². The van der Waals surface area contributed by atoms with Gasteiger partial charge < -0.3 is 15.7 Å². The lowest BCUT2D eigenvalue weighted by atomic mass is 10.1. The second-order valence-electron chi connectivity index (χ2n) is 5.07. The molecule has 23 heavy (non-hydrogen) atoms. The first-order chi connectivity index (χ1) is 11.0. The van der Waals surface area contributed by atoms with E-state index in [9.17, 15) is 18.7 Å². The van der Waals surface area contributed by atoms with Gasteiger partial charge in [0.05, 0.1) is 6.10 Å². The monoisotopic (exact) mass is 320 g/mol. The number of carbonyl (C=O) groups excluding carboxylic acids is 1. The van der Waals surface area contributed by atoms with Crippen LogP contribution in [0.2, 0.25) is 0 Å². The van der Waals surface area contributed by atoms with Gasteiger partial charge in [0.15, 0.2) is 0 Å². The van der Waals surface area contributed by atoms with Crippen LogP contribution in [-0.4, -0.2) is 17.7 Å². The van der Waals surface area contributed by atoms with Crippen molar-refractivity contribution in [2.75, 3.05) is 11.9 Å². The van der Waals surface area contributed by atoms with Crippen molar-refractivity contribution in [3.8, 4) is 0 Å². The number of hydrogen-bond donors (Lipinski definition) is 3. The Labute approximate surface area is 133 Å². The second-order valence-corrected chi connectivity index (χ2v) is 5.07. The molecule has 0 radical (unpaired) electrons.